The SMILES string of the molecule is COc1ccc(C(O)C(NC(=S)NCc2ccccc2)C(=O)O)cc1. The number of methoxy groups -OCH3 is 1. The fourth-order valence-corrected chi connectivity index (χ4v) is 2.44. The maximum Gasteiger partial charge on any atom is 0.329 e. The van der Waals surface area contributed by atoms with Gasteiger partial charge in [-0.1, -0.05) is 42.5 Å². The molecular weight excluding hydrogens is 340 g/mol. The molecule has 2 aromatic rings. The normalized spacial score (nSPS) is 12.7. The van der Waals surface area contributed by atoms with E-state index in [4.69, 9.17) is 17.0 Å². The lowest BCUT2D eigenvalue weighted by Gasteiger charge is -2.22. The second kappa shape index (κ2) is 9.00. The molecule has 132 valence electrons. The van der Waals surface area contributed by atoms with Crippen LogP contribution in [0.15, 0.2) is 54.6 Å². The van der Waals surface area contributed by atoms with Gasteiger partial charge in [-0.15, -0.1) is 0 Å². The van der Waals surface area contributed by atoms with E-state index in [-0.39, 0.29) is 5.11 Å². The molecule has 0 fully saturated rings. The molecule has 2 unspecified atom stereocenters. The van der Waals surface area contributed by atoms with Crippen LogP contribution in [-0.2, 0) is 11.3 Å². The molecule has 2 atom stereocenters. The Kier molecular flexibility index (Phi) is 6.73. The van der Waals surface area contributed by atoms with Crippen molar-refractivity contribution in [2.75, 3.05) is 7.11 Å². The lowest BCUT2D eigenvalue weighted by Crippen LogP contribution is -2.48. The van der Waals surface area contributed by atoms with E-state index in [1.54, 1.807) is 24.3 Å². The Morgan fingerprint density at radius 1 is 1.16 bits per heavy atom. The number of aliphatic carboxylic acids is 1. The van der Waals surface area contributed by atoms with Crippen molar-refractivity contribution in [3.8, 4) is 5.75 Å². The van der Waals surface area contributed by atoms with Crippen molar-refractivity contribution >= 4 is 23.3 Å². The van der Waals surface area contributed by atoms with Crippen LogP contribution >= 0.6 is 12.2 Å². The molecule has 0 aliphatic rings. The van der Waals surface area contributed by atoms with Gasteiger partial charge < -0.3 is 25.6 Å². The summed E-state index contributed by atoms with van der Waals surface area (Å²) in [5.74, 6) is -0.581. The predicted molar refractivity (Wildman–Crippen MR) is 98.4 cm³/mol. The summed E-state index contributed by atoms with van der Waals surface area (Å²) in [5.41, 5.74) is 1.46. The van der Waals surface area contributed by atoms with E-state index in [0.717, 1.165) is 5.56 Å². The number of hydrogen-bond donors (Lipinski definition) is 4. The first-order valence-electron chi connectivity index (χ1n) is 7.64. The molecule has 0 spiro atoms. The molecule has 2 aromatic carbocycles. The van der Waals surface area contributed by atoms with Gasteiger partial charge in [0.15, 0.2) is 11.2 Å². The molecule has 0 saturated carbocycles. The van der Waals surface area contributed by atoms with Crippen LogP contribution in [-0.4, -0.2) is 34.4 Å². The average molecular weight is 360 g/mol. The Morgan fingerprint density at radius 3 is 2.36 bits per heavy atom. The first kappa shape index (κ1) is 18.7. The third-order valence-electron chi connectivity index (χ3n) is 3.62. The van der Waals surface area contributed by atoms with Gasteiger partial charge in [0.05, 0.1) is 7.11 Å². The van der Waals surface area contributed by atoms with Gasteiger partial charge in [0.1, 0.15) is 11.9 Å². The summed E-state index contributed by atoms with van der Waals surface area (Å²) in [5, 5.41) is 25.5. The molecule has 4 N–H and O–H groups in total. The molecule has 0 saturated heterocycles. The smallest absolute Gasteiger partial charge is 0.329 e. The van der Waals surface area contributed by atoms with Crippen molar-refractivity contribution < 1.29 is 19.7 Å². The molecular formula is C18H20N2O4S. The summed E-state index contributed by atoms with van der Waals surface area (Å²) in [4.78, 5) is 11.5. The third-order valence-corrected chi connectivity index (χ3v) is 3.88. The van der Waals surface area contributed by atoms with Crippen LogP contribution in [0.4, 0.5) is 0 Å². The highest BCUT2D eigenvalue weighted by Crippen LogP contribution is 2.20. The first-order chi connectivity index (χ1) is 12.0. The van der Waals surface area contributed by atoms with Crippen molar-refractivity contribution in [3.63, 3.8) is 0 Å². The van der Waals surface area contributed by atoms with Gasteiger partial charge in [-0.05, 0) is 35.5 Å². The molecule has 0 heterocycles. The molecule has 6 nitrogen and oxygen atoms in total. The van der Waals surface area contributed by atoms with E-state index in [1.807, 2.05) is 30.3 Å². The molecule has 0 radical (unpaired) electrons. The lowest BCUT2D eigenvalue weighted by atomic mass is 10.0. The maximum absolute atomic E-state index is 11.5. The monoisotopic (exact) mass is 360 g/mol. The van der Waals surface area contributed by atoms with E-state index < -0.39 is 18.1 Å². The highest BCUT2D eigenvalue weighted by atomic mass is 32.1. The third kappa shape index (κ3) is 5.44. The minimum atomic E-state index is -1.27. The quantitative estimate of drug-likeness (QED) is 0.560. The van der Waals surface area contributed by atoms with Crippen molar-refractivity contribution in [1.29, 1.82) is 0 Å². The second-order valence-electron chi connectivity index (χ2n) is 5.35. The van der Waals surface area contributed by atoms with Crippen LogP contribution in [0.1, 0.15) is 17.2 Å². The van der Waals surface area contributed by atoms with Crippen LogP contribution in [0.5, 0.6) is 5.75 Å². The van der Waals surface area contributed by atoms with Crippen molar-refractivity contribution in [3.05, 3.63) is 65.7 Å². The fraction of sp³-hybridized carbons (Fsp3) is 0.222. The molecule has 0 aliphatic carbocycles. The number of thiocarbonyl (C=S) groups is 1. The van der Waals surface area contributed by atoms with Crippen LogP contribution < -0.4 is 15.4 Å². The minimum absolute atomic E-state index is 0.156. The van der Waals surface area contributed by atoms with Gasteiger partial charge in [0.25, 0.3) is 0 Å². The summed E-state index contributed by atoms with van der Waals surface area (Å²) >= 11 is 5.14. The zero-order valence-corrected chi connectivity index (χ0v) is 14.5. The maximum atomic E-state index is 11.5. The number of aliphatic hydroxyl groups is 1. The Labute approximate surface area is 151 Å². The van der Waals surface area contributed by atoms with Crippen LogP contribution in [0.3, 0.4) is 0 Å². The van der Waals surface area contributed by atoms with Crippen molar-refractivity contribution in [1.82, 2.24) is 10.6 Å². The molecule has 0 bridgehead atoms. The standard InChI is InChI=1S/C18H20N2O4S/c1-24-14-9-7-13(8-10-14)16(21)15(17(22)23)20-18(25)19-11-12-5-3-2-4-6-12/h2-10,15-16,21H,11H2,1H3,(H,22,23)(H2,19,20,25). The molecule has 0 amide bonds. The molecule has 7 heteroatoms. The Morgan fingerprint density at radius 2 is 1.80 bits per heavy atom. The number of ether oxygens (including phenoxy) is 1. The van der Waals surface area contributed by atoms with Crippen LogP contribution in [0, 0.1) is 0 Å². The number of aliphatic hydroxyl groups excluding tert-OH is 1. The van der Waals surface area contributed by atoms with Gasteiger partial charge in [-0.25, -0.2) is 4.79 Å². The minimum Gasteiger partial charge on any atom is -0.497 e. The molecule has 0 aromatic heterocycles. The Balaban J connectivity index is 1.99. The first-order valence-corrected chi connectivity index (χ1v) is 8.05. The highest BCUT2D eigenvalue weighted by molar-refractivity contribution is 7.80. The van der Waals surface area contributed by atoms with E-state index in [1.165, 1.54) is 7.11 Å². The number of benzene rings is 2. The predicted octanol–water partition coefficient (Wildman–Crippen LogP) is 1.85. The lowest BCUT2D eigenvalue weighted by molar-refractivity contribution is -0.142. The van der Waals surface area contributed by atoms with Gasteiger partial charge in [-0.2, -0.15) is 0 Å². The summed E-state index contributed by atoms with van der Waals surface area (Å²) in [7, 11) is 1.53. The number of carboxylic acid groups (broad SMARTS) is 1. The van der Waals surface area contributed by atoms with Gasteiger partial charge in [0.2, 0.25) is 0 Å². The van der Waals surface area contributed by atoms with Crippen LogP contribution in [0.25, 0.3) is 0 Å². The topological polar surface area (TPSA) is 90.8 Å². The van der Waals surface area contributed by atoms with E-state index in [2.05, 4.69) is 10.6 Å². The molecule has 2 rings (SSSR count). The molecule has 0 aliphatic heterocycles. The van der Waals surface area contributed by atoms with Crippen molar-refractivity contribution in [2.45, 2.75) is 18.7 Å². The van der Waals surface area contributed by atoms with Crippen LogP contribution in [0.2, 0.25) is 0 Å². The summed E-state index contributed by atoms with van der Waals surface area (Å²) in [6.07, 6.45) is -1.26. The zero-order chi connectivity index (χ0) is 18.2. The van der Waals surface area contributed by atoms with Gasteiger partial charge >= 0.3 is 5.97 Å². The number of carbonyl (C=O) groups is 1. The van der Waals surface area contributed by atoms with E-state index in [0.29, 0.717) is 17.9 Å². The average Bonchev–Trinajstić information content (AvgIpc) is 2.64. The second-order valence-corrected chi connectivity index (χ2v) is 5.75. The van der Waals surface area contributed by atoms with E-state index >= 15 is 0 Å². The largest absolute Gasteiger partial charge is 0.497 e. The fourth-order valence-electron chi connectivity index (χ4n) is 2.24. The Hall–Kier alpha value is -2.64. The number of carboxylic acids is 1. The molecule has 25 heavy (non-hydrogen) atoms. The van der Waals surface area contributed by atoms with Crippen molar-refractivity contribution in [2.24, 2.45) is 0 Å². The number of hydrogen-bond acceptors (Lipinski definition) is 4. The van der Waals surface area contributed by atoms with E-state index in [9.17, 15) is 15.0 Å². The highest BCUT2D eigenvalue weighted by Gasteiger charge is 2.28. The number of nitrogens with one attached hydrogen (secondary N) is 2. The Bertz CT molecular complexity index is 707. The summed E-state index contributed by atoms with van der Waals surface area (Å²) < 4.78 is 5.05. The zero-order valence-electron chi connectivity index (χ0n) is 13.7. The van der Waals surface area contributed by atoms with Gasteiger partial charge in [0, 0.05) is 6.54 Å². The summed E-state index contributed by atoms with van der Waals surface area (Å²) in [6, 6.07) is 14.8. The van der Waals surface area contributed by atoms with Gasteiger partial charge in [-0.3, -0.25) is 0 Å². The summed E-state index contributed by atoms with van der Waals surface area (Å²) in [6.45, 7) is 0.456. The number of rotatable bonds is 7.